The minimum Gasteiger partial charge on any atom is -0.405 e. The molecular formula is C17H26ClNO2Si. The van der Waals surface area contributed by atoms with Crippen molar-refractivity contribution in [3.05, 3.63) is 34.9 Å². The van der Waals surface area contributed by atoms with Crippen molar-refractivity contribution < 1.29 is 9.22 Å². The SMILES string of the molecule is CC(C)(C)[Si](C)(C)OC1CCN(Cc2ccc(Cl)cc2)C1=O. The van der Waals surface area contributed by atoms with Crippen molar-refractivity contribution in [1.29, 1.82) is 0 Å². The van der Waals surface area contributed by atoms with Crippen molar-refractivity contribution in [1.82, 2.24) is 4.90 Å². The average molecular weight is 340 g/mol. The van der Waals surface area contributed by atoms with Gasteiger partial charge in [-0.05, 0) is 42.2 Å². The molecule has 1 aliphatic heterocycles. The Morgan fingerprint density at radius 2 is 1.86 bits per heavy atom. The molecule has 5 heteroatoms. The van der Waals surface area contributed by atoms with Crippen molar-refractivity contribution >= 4 is 25.8 Å². The van der Waals surface area contributed by atoms with Crippen LogP contribution < -0.4 is 0 Å². The molecule has 22 heavy (non-hydrogen) atoms. The number of carbonyl (C=O) groups excluding carboxylic acids is 1. The number of hydrogen-bond donors (Lipinski definition) is 0. The molecule has 122 valence electrons. The highest BCUT2D eigenvalue weighted by atomic mass is 35.5. The highest BCUT2D eigenvalue weighted by Crippen LogP contribution is 2.38. The van der Waals surface area contributed by atoms with Crippen LogP contribution in [0.25, 0.3) is 0 Å². The summed E-state index contributed by atoms with van der Waals surface area (Å²) in [6.07, 6.45) is 0.520. The van der Waals surface area contributed by atoms with Crippen LogP contribution in [0.4, 0.5) is 0 Å². The Kier molecular flexibility index (Phi) is 5.05. The molecule has 3 nitrogen and oxygen atoms in total. The van der Waals surface area contributed by atoms with Gasteiger partial charge in [0.05, 0.1) is 0 Å². The monoisotopic (exact) mass is 339 g/mol. The number of benzene rings is 1. The Bertz CT molecular complexity index is 537. The lowest BCUT2D eigenvalue weighted by Crippen LogP contribution is -2.46. The van der Waals surface area contributed by atoms with Gasteiger partial charge in [-0.25, -0.2) is 0 Å². The van der Waals surface area contributed by atoms with Gasteiger partial charge in [-0.1, -0.05) is 44.5 Å². The summed E-state index contributed by atoms with van der Waals surface area (Å²) in [5.41, 5.74) is 1.10. The quantitative estimate of drug-likeness (QED) is 0.758. The summed E-state index contributed by atoms with van der Waals surface area (Å²) in [5.74, 6) is 0.125. The van der Waals surface area contributed by atoms with Crippen LogP contribution >= 0.6 is 11.6 Å². The molecule has 0 N–H and O–H groups in total. The van der Waals surface area contributed by atoms with Crippen LogP contribution in [0.3, 0.4) is 0 Å². The third-order valence-electron chi connectivity index (χ3n) is 4.78. The number of nitrogens with zero attached hydrogens (tertiary/aromatic N) is 1. The first kappa shape index (κ1) is 17.5. The van der Waals surface area contributed by atoms with Crippen LogP contribution in [0.15, 0.2) is 24.3 Å². The summed E-state index contributed by atoms with van der Waals surface area (Å²) < 4.78 is 6.29. The van der Waals surface area contributed by atoms with E-state index in [9.17, 15) is 4.79 Å². The van der Waals surface area contributed by atoms with E-state index in [2.05, 4.69) is 33.9 Å². The molecule has 0 radical (unpaired) electrons. The average Bonchev–Trinajstić information content (AvgIpc) is 2.72. The lowest BCUT2D eigenvalue weighted by Gasteiger charge is -2.37. The van der Waals surface area contributed by atoms with Crippen molar-refractivity contribution in [2.24, 2.45) is 0 Å². The molecular weight excluding hydrogens is 314 g/mol. The Morgan fingerprint density at radius 3 is 2.41 bits per heavy atom. The molecule has 1 heterocycles. The predicted octanol–water partition coefficient (Wildman–Crippen LogP) is 4.46. The number of rotatable bonds is 4. The third kappa shape index (κ3) is 3.92. The first-order chi connectivity index (χ1) is 10.1. The predicted molar refractivity (Wildman–Crippen MR) is 93.6 cm³/mol. The van der Waals surface area contributed by atoms with Crippen molar-refractivity contribution in [2.75, 3.05) is 6.54 Å². The maximum Gasteiger partial charge on any atom is 0.250 e. The molecule has 1 aromatic rings. The molecule has 0 aromatic heterocycles. The van der Waals surface area contributed by atoms with Gasteiger partial charge in [0.2, 0.25) is 0 Å². The third-order valence-corrected chi connectivity index (χ3v) is 9.52. The van der Waals surface area contributed by atoms with Gasteiger partial charge in [0.25, 0.3) is 5.91 Å². The van der Waals surface area contributed by atoms with E-state index in [4.69, 9.17) is 16.0 Å². The van der Waals surface area contributed by atoms with E-state index in [1.807, 2.05) is 29.2 Å². The largest absolute Gasteiger partial charge is 0.405 e. The zero-order valence-corrected chi connectivity index (χ0v) is 15.9. The highest BCUT2D eigenvalue weighted by molar-refractivity contribution is 6.74. The Labute approximate surface area is 139 Å². The van der Waals surface area contributed by atoms with Gasteiger partial charge in [0.1, 0.15) is 6.10 Å². The fraction of sp³-hybridized carbons (Fsp3) is 0.588. The summed E-state index contributed by atoms with van der Waals surface area (Å²) in [5, 5.41) is 0.840. The molecule has 0 bridgehead atoms. The lowest BCUT2D eigenvalue weighted by atomic mass is 10.2. The van der Waals surface area contributed by atoms with Gasteiger partial charge in [-0.15, -0.1) is 0 Å². The van der Waals surface area contributed by atoms with Crippen LogP contribution in [-0.4, -0.2) is 31.8 Å². The van der Waals surface area contributed by atoms with Crippen molar-refractivity contribution in [3.63, 3.8) is 0 Å². The second kappa shape index (κ2) is 6.34. The Balaban J connectivity index is 1.99. The molecule has 1 amide bonds. The summed E-state index contributed by atoms with van der Waals surface area (Å²) in [4.78, 5) is 14.5. The molecule has 2 rings (SSSR count). The maximum absolute atomic E-state index is 12.6. The van der Waals surface area contributed by atoms with Crippen LogP contribution in [0.2, 0.25) is 23.2 Å². The van der Waals surface area contributed by atoms with Gasteiger partial charge in [-0.2, -0.15) is 0 Å². The number of halogens is 1. The van der Waals surface area contributed by atoms with Gasteiger partial charge in [-0.3, -0.25) is 4.79 Å². The van der Waals surface area contributed by atoms with Gasteiger partial charge in [0.15, 0.2) is 8.32 Å². The van der Waals surface area contributed by atoms with E-state index >= 15 is 0 Å². The van der Waals surface area contributed by atoms with Crippen LogP contribution in [0.5, 0.6) is 0 Å². The zero-order valence-electron chi connectivity index (χ0n) is 14.1. The van der Waals surface area contributed by atoms with Crippen LogP contribution in [0.1, 0.15) is 32.8 Å². The molecule has 0 saturated carbocycles. The van der Waals surface area contributed by atoms with Gasteiger partial charge < -0.3 is 9.33 Å². The number of likely N-dealkylation sites (tertiary alicyclic amines) is 1. The topological polar surface area (TPSA) is 29.5 Å². The van der Waals surface area contributed by atoms with E-state index in [1.165, 1.54) is 0 Å². The second-order valence-corrected chi connectivity index (χ2v) is 12.7. The van der Waals surface area contributed by atoms with E-state index in [1.54, 1.807) is 0 Å². The molecule has 1 atom stereocenters. The van der Waals surface area contributed by atoms with E-state index in [-0.39, 0.29) is 17.0 Å². The number of amides is 1. The number of hydrogen-bond acceptors (Lipinski definition) is 2. The van der Waals surface area contributed by atoms with Crippen LogP contribution in [0, 0.1) is 0 Å². The van der Waals surface area contributed by atoms with E-state index in [0.29, 0.717) is 6.54 Å². The lowest BCUT2D eigenvalue weighted by molar-refractivity contribution is -0.134. The fourth-order valence-corrected chi connectivity index (χ4v) is 3.73. The molecule has 1 fully saturated rings. The molecule has 0 spiro atoms. The van der Waals surface area contributed by atoms with Gasteiger partial charge >= 0.3 is 0 Å². The molecule has 1 saturated heterocycles. The first-order valence-electron chi connectivity index (χ1n) is 7.81. The van der Waals surface area contributed by atoms with E-state index in [0.717, 1.165) is 23.6 Å². The normalized spacial score (nSPS) is 19.8. The summed E-state index contributed by atoms with van der Waals surface area (Å²) in [6, 6.07) is 7.66. The highest BCUT2D eigenvalue weighted by Gasteiger charge is 2.43. The molecule has 1 aromatic carbocycles. The number of carbonyl (C=O) groups is 1. The Morgan fingerprint density at radius 1 is 1.27 bits per heavy atom. The van der Waals surface area contributed by atoms with Crippen LogP contribution in [-0.2, 0) is 15.8 Å². The smallest absolute Gasteiger partial charge is 0.250 e. The van der Waals surface area contributed by atoms with Crippen molar-refractivity contribution in [2.45, 2.75) is 58.0 Å². The summed E-state index contributed by atoms with van der Waals surface area (Å²) >= 11 is 5.90. The standard InChI is InChI=1S/C17H26ClNO2Si/c1-17(2,3)22(4,5)21-15-10-11-19(16(15)20)12-13-6-8-14(18)9-7-13/h6-9,15H,10-12H2,1-5H3. The van der Waals surface area contributed by atoms with Crippen molar-refractivity contribution in [3.8, 4) is 0 Å². The maximum atomic E-state index is 12.6. The second-order valence-electron chi connectivity index (χ2n) is 7.54. The first-order valence-corrected chi connectivity index (χ1v) is 11.1. The fourth-order valence-electron chi connectivity index (χ4n) is 2.32. The molecule has 0 aliphatic carbocycles. The van der Waals surface area contributed by atoms with Gasteiger partial charge in [0, 0.05) is 18.1 Å². The summed E-state index contributed by atoms with van der Waals surface area (Å²) in [6.45, 7) is 12.4. The zero-order chi connectivity index (χ0) is 16.5. The van der Waals surface area contributed by atoms with E-state index < -0.39 is 8.32 Å². The molecule has 1 unspecified atom stereocenters. The minimum absolute atomic E-state index is 0.122. The minimum atomic E-state index is -1.91. The Hall–Kier alpha value is -0.843. The molecule has 1 aliphatic rings. The summed E-state index contributed by atoms with van der Waals surface area (Å²) in [7, 11) is -1.91.